The van der Waals surface area contributed by atoms with Gasteiger partial charge in [-0.05, 0) is 50.5 Å². The van der Waals surface area contributed by atoms with E-state index < -0.39 is 23.8 Å². The standard InChI is InChI=1S/C24H26N2O5S/c1-4-30-21-12-15-11-14(2)31-20(15)13-18(21)25-22(27)19(9-10-32-3)26-23(28)16-7-5-6-8-17(16)24(26)29/h5-8,12-14,19H,4,9-11H2,1-3H3,(H,25,27)/t14-,19+/m1/s1. The van der Waals surface area contributed by atoms with Gasteiger partial charge in [-0.1, -0.05) is 12.1 Å². The lowest BCUT2D eigenvalue weighted by atomic mass is 10.1. The van der Waals surface area contributed by atoms with Gasteiger partial charge < -0.3 is 14.8 Å². The normalized spacial score (nSPS) is 17.6. The second-order valence-electron chi connectivity index (χ2n) is 7.83. The maximum atomic E-state index is 13.4. The van der Waals surface area contributed by atoms with Crippen LogP contribution in [0.1, 0.15) is 46.5 Å². The smallest absolute Gasteiger partial charge is 0.262 e. The molecule has 2 heterocycles. The van der Waals surface area contributed by atoms with E-state index in [1.165, 1.54) is 0 Å². The predicted molar refractivity (Wildman–Crippen MR) is 124 cm³/mol. The molecule has 4 rings (SSSR count). The summed E-state index contributed by atoms with van der Waals surface area (Å²) >= 11 is 1.55. The molecule has 3 amide bonds. The highest BCUT2D eigenvalue weighted by Crippen LogP contribution is 2.38. The summed E-state index contributed by atoms with van der Waals surface area (Å²) in [6.45, 7) is 4.30. The van der Waals surface area contributed by atoms with Crippen LogP contribution >= 0.6 is 11.8 Å². The molecule has 2 aliphatic rings. The topological polar surface area (TPSA) is 84.9 Å². The van der Waals surface area contributed by atoms with Crippen molar-refractivity contribution in [2.24, 2.45) is 0 Å². The van der Waals surface area contributed by atoms with Gasteiger partial charge in [0.2, 0.25) is 5.91 Å². The van der Waals surface area contributed by atoms with Crippen LogP contribution in [0.15, 0.2) is 36.4 Å². The van der Waals surface area contributed by atoms with Crippen LogP contribution in [0.3, 0.4) is 0 Å². The number of imide groups is 1. The van der Waals surface area contributed by atoms with Crippen LogP contribution in [0.25, 0.3) is 0 Å². The second-order valence-corrected chi connectivity index (χ2v) is 8.82. The zero-order valence-electron chi connectivity index (χ0n) is 18.3. The highest BCUT2D eigenvalue weighted by molar-refractivity contribution is 7.98. The van der Waals surface area contributed by atoms with Crippen molar-refractivity contribution in [3.63, 3.8) is 0 Å². The average molecular weight is 455 g/mol. The minimum absolute atomic E-state index is 0.0538. The number of anilines is 1. The molecule has 168 valence electrons. The number of fused-ring (bicyclic) bond motifs is 2. The highest BCUT2D eigenvalue weighted by atomic mass is 32.2. The van der Waals surface area contributed by atoms with Crippen molar-refractivity contribution in [2.45, 2.75) is 38.8 Å². The third kappa shape index (κ3) is 4.07. The molecular weight excluding hydrogens is 428 g/mol. The van der Waals surface area contributed by atoms with Gasteiger partial charge >= 0.3 is 0 Å². The highest BCUT2D eigenvalue weighted by Gasteiger charge is 2.42. The van der Waals surface area contributed by atoms with Crippen molar-refractivity contribution in [1.82, 2.24) is 4.90 Å². The van der Waals surface area contributed by atoms with Gasteiger partial charge in [0.05, 0.1) is 23.4 Å². The first-order chi connectivity index (χ1) is 15.4. The third-order valence-corrected chi connectivity index (χ3v) is 6.24. The van der Waals surface area contributed by atoms with Gasteiger partial charge in [-0.2, -0.15) is 11.8 Å². The number of amides is 3. The van der Waals surface area contributed by atoms with E-state index in [0.29, 0.717) is 47.1 Å². The zero-order valence-corrected chi connectivity index (χ0v) is 19.2. The van der Waals surface area contributed by atoms with Crippen molar-refractivity contribution >= 4 is 35.2 Å². The Bertz CT molecular complexity index is 1040. The van der Waals surface area contributed by atoms with Gasteiger partial charge in [-0.3, -0.25) is 19.3 Å². The Morgan fingerprint density at radius 2 is 1.94 bits per heavy atom. The largest absolute Gasteiger partial charge is 0.492 e. The van der Waals surface area contributed by atoms with E-state index in [2.05, 4.69) is 5.32 Å². The van der Waals surface area contributed by atoms with E-state index >= 15 is 0 Å². The van der Waals surface area contributed by atoms with Crippen LogP contribution in [0.2, 0.25) is 0 Å². The molecule has 2 aliphatic heterocycles. The van der Waals surface area contributed by atoms with Crippen molar-refractivity contribution in [3.8, 4) is 11.5 Å². The Kier molecular flexibility index (Phi) is 6.41. The van der Waals surface area contributed by atoms with Crippen LogP contribution in [-0.2, 0) is 11.2 Å². The Morgan fingerprint density at radius 3 is 2.56 bits per heavy atom. The Labute approximate surface area is 191 Å². The molecule has 0 saturated carbocycles. The fourth-order valence-electron chi connectivity index (χ4n) is 4.13. The molecule has 0 aliphatic carbocycles. The fraction of sp³-hybridized carbons (Fsp3) is 0.375. The van der Waals surface area contributed by atoms with Gasteiger partial charge in [0, 0.05) is 18.1 Å². The molecule has 0 saturated heterocycles. The van der Waals surface area contributed by atoms with Gasteiger partial charge in [-0.25, -0.2) is 0 Å². The maximum Gasteiger partial charge on any atom is 0.262 e. The van der Waals surface area contributed by atoms with Gasteiger partial charge in [-0.15, -0.1) is 0 Å². The van der Waals surface area contributed by atoms with E-state index in [4.69, 9.17) is 9.47 Å². The third-order valence-electron chi connectivity index (χ3n) is 5.59. The summed E-state index contributed by atoms with van der Waals surface area (Å²) in [5.41, 5.74) is 2.15. The number of nitrogens with zero attached hydrogens (tertiary/aromatic N) is 1. The minimum atomic E-state index is -0.933. The first kappa shape index (κ1) is 22.2. The van der Waals surface area contributed by atoms with E-state index in [0.717, 1.165) is 16.9 Å². The first-order valence-corrected chi connectivity index (χ1v) is 12.1. The summed E-state index contributed by atoms with van der Waals surface area (Å²) in [4.78, 5) is 40.5. The molecule has 0 radical (unpaired) electrons. The summed E-state index contributed by atoms with van der Waals surface area (Å²) in [6, 6.07) is 9.37. The van der Waals surface area contributed by atoms with E-state index in [1.54, 1.807) is 42.1 Å². The van der Waals surface area contributed by atoms with Crippen molar-refractivity contribution < 1.29 is 23.9 Å². The van der Waals surface area contributed by atoms with Gasteiger partial charge in [0.1, 0.15) is 23.6 Å². The molecule has 0 bridgehead atoms. The van der Waals surface area contributed by atoms with Crippen molar-refractivity contribution in [1.29, 1.82) is 0 Å². The lowest BCUT2D eigenvalue weighted by Gasteiger charge is -2.25. The molecule has 2 atom stereocenters. The molecule has 2 aromatic rings. The molecule has 32 heavy (non-hydrogen) atoms. The van der Waals surface area contributed by atoms with Crippen LogP contribution in [0, 0.1) is 0 Å². The Morgan fingerprint density at radius 1 is 1.25 bits per heavy atom. The molecule has 0 spiro atoms. The molecule has 1 N–H and O–H groups in total. The van der Waals surface area contributed by atoms with E-state index in [-0.39, 0.29) is 6.10 Å². The summed E-state index contributed by atoms with van der Waals surface area (Å²) < 4.78 is 11.6. The number of thioether (sulfide) groups is 1. The number of benzene rings is 2. The zero-order chi connectivity index (χ0) is 22.8. The molecule has 0 fully saturated rings. The molecular formula is C24H26N2O5S. The molecule has 7 nitrogen and oxygen atoms in total. The minimum Gasteiger partial charge on any atom is -0.492 e. The lowest BCUT2D eigenvalue weighted by Crippen LogP contribution is -2.47. The lowest BCUT2D eigenvalue weighted by molar-refractivity contribution is -0.120. The number of rotatable bonds is 8. The molecule has 0 aromatic heterocycles. The van der Waals surface area contributed by atoms with Crippen LogP contribution in [-0.4, -0.2) is 53.4 Å². The van der Waals surface area contributed by atoms with Crippen molar-refractivity contribution in [2.75, 3.05) is 23.9 Å². The molecule has 2 aromatic carbocycles. The summed E-state index contributed by atoms with van der Waals surface area (Å²) in [7, 11) is 0. The Hall–Kier alpha value is -3.00. The first-order valence-electron chi connectivity index (χ1n) is 10.7. The second kappa shape index (κ2) is 9.24. The van der Waals surface area contributed by atoms with Gasteiger partial charge in [0.15, 0.2) is 0 Å². The predicted octanol–water partition coefficient (Wildman–Crippen LogP) is 3.77. The number of ether oxygens (including phenoxy) is 2. The summed E-state index contributed by atoms with van der Waals surface area (Å²) in [5.74, 6) is 0.557. The van der Waals surface area contributed by atoms with Gasteiger partial charge in [0.25, 0.3) is 11.8 Å². The Balaban J connectivity index is 1.63. The van der Waals surface area contributed by atoms with E-state index in [1.807, 2.05) is 26.2 Å². The summed E-state index contributed by atoms with van der Waals surface area (Å²) in [5, 5.41) is 2.89. The summed E-state index contributed by atoms with van der Waals surface area (Å²) in [6.07, 6.45) is 3.09. The fourth-order valence-corrected chi connectivity index (χ4v) is 4.58. The molecule has 0 unspecified atom stereocenters. The SMILES string of the molecule is CCOc1cc2c(cc1NC(=O)[C@H](CCSC)N1C(=O)c3ccccc3C1=O)O[C@H](C)C2. The number of carbonyl (C=O) groups excluding carboxylic acids is 3. The monoisotopic (exact) mass is 454 g/mol. The van der Waals surface area contributed by atoms with Crippen LogP contribution < -0.4 is 14.8 Å². The maximum absolute atomic E-state index is 13.4. The van der Waals surface area contributed by atoms with Crippen molar-refractivity contribution in [3.05, 3.63) is 53.1 Å². The van der Waals surface area contributed by atoms with E-state index in [9.17, 15) is 14.4 Å². The van der Waals surface area contributed by atoms with Crippen LogP contribution in [0.5, 0.6) is 11.5 Å². The quantitative estimate of drug-likeness (QED) is 0.612. The molecule has 8 heteroatoms. The number of hydrogen-bond acceptors (Lipinski definition) is 6. The average Bonchev–Trinajstić information content (AvgIpc) is 3.25. The van der Waals surface area contributed by atoms with Crippen LogP contribution in [0.4, 0.5) is 5.69 Å². The number of carbonyl (C=O) groups is 3. The number of nitrogens with one attached hydrogen (secondary N) is 1. The number of hydrogen-bond donors (Lipinski definition) is 1.